The second kappa shape index (κ2) is 6.43. The van der Waals surface area contributed by atoms with E-state index in [0.717, 1.165) is 0 Å². The molecule has 2 amide bonds. The van der Waals surface area contributed by atoms with E-state index < -0.39 is 11.6 Å². The highest BCUT2D eigenvalue weighted by atomic mass is 16.5. The molecule has 0 aromatic heterocycles. The summed E-state index contributed by atoms with van der Waals surface area (Å²) in [5.41, 5.74) is -0.403. The molecule has 1 fully saturated rings. The zero-order valence-corrected chi connectivity index (χ0v) is 13.0. The third-order valence-electron chi connectivity index (χ3n) is 3.02. The van der Waals surface area contributed by atoms with Crippen LogP contribution < -0.4 is 0 Å². The molecule has 0 aromatic carbocycles. The number of hydrogen-bond donors (Lipinski definition) is 1. The normalized spacial score (nSPS) is 21.9. The van der Waals surface area contributed by atoms with Crippen molar-refractivity contribution in [1.29, 1.82) is 0 Å². The molecule has 1 heterocycles. The number of rotatable bonds is 4. The van der Waals surface area contributed by atoms with Gasteiger partial charge in [-0.3, -0.25) is 4.79 Å². The highest BCUT2D eigenvalue weighted by Crippen LogP contribution is 2.22. The van der Waals surface area contributed by atoms with Gasteiger partial charge in [-0.2, -0.15) is 0 Å². The van der Waals surface area contributed by atoms with E-state index in [4.69, 9.17) is 9.84 Å². The summed E-state index contributed by atoms with van der Waals surface area (Å²) < 4.78 is 5.77. The summed E-state index contributed by atoms with van der Waals surface area (Å²) in [4.78, 5) is 26.6. The van der Waals surface area contributed by atoms with Crippen molar-refractivity contribution in [2.45, 2.75) is 46.3 Å². The maximum absolute atomic E-state index is 12.5. The predicted octanol–water partition coefficient (Wildman–Crippen LogP) is 1.65. The third-order valence-corrected chi connectivity index (χ3v) is 3.02. The van der Waals surface area contributed by atoms with Crippen molar-refractivity contribution in [1.82, 2.24) is 9.80 Å². The number of morpholine rings is 1. The largest absolute Gasteiger partial charge is 0.480 e. The van der Waals surface area contributed by atoms with Gasteiger partial charge in [0.2, 0.25) is 0 Å². The molecule has 1 N–H and O–H groups in total. The van der Waals surface area contributed by atoms with Gasteiger partial charge in [0, 0.05) is 13.1 Å². The topological polar surface area (TPSA) is 70.1 Å². The van der Waals surface area contributed by atoms with Crippen LogP contribution in [0, 0.1) is 5.92 Å². The second-order valence-corrected chi connectivity index (χ2v) is 6.52. The second-order valence-electron chi connectivity index (χ2n) is 6.52. The van der Waals surface area contributed by atoms with Gasteiger partial charge in [0.05, 0.1) is 18.2 Å². The van der Waals surface area contributed by atoms with Gasteiger partial charge in [-0.05, 0) is 26.7 Å². The number of amides is 2. The molecule has 0 saturated carbocycles. The molecule has 6 nitrogen and oxygen atoms in total. The van der Waals surface area contributed by atoms with Gasteiger partial charge in [-0.1, -0.05) is 13.8 Å². The summed E-state index contributed by atoms with van der Waals surface area (Å²) in [6, 6.07) is -0.218. The number of ether oxygens (including phenoxy) is 1. The van der Waals surface area contributed by atoms with E-state index in [9.17, 15) is 9.59 Å². The lowest BCUT2D eigenvalue weighted by atomic mass is 10.1. The quantitative estimate of drug-likeness (QED) is 0.853. The fraction of sp³-hybridized carbons (Fsp3) is 0.857. The third kappa shape index (κ3) is 5.00. The Morgan fingerprint density at radius 2 is 2.05 bits per heavy atom. The molecule has 1 rings (SSSR count). The summed E-state index contributed by atoms with van der Waals surface area (Å²) in [6.07, 6.45) is -0.0478. The fourth-order valence-corrected chi connectivity index (χ4v) is 2.61. The maximum atomic E-state index is 12.5. The molecule has 1 atom stereocenters. The minimum Gasteiger partial charge on any atom is -0.480 e. The first-order valence-corrected chi connectivity index (χ1v) is 7.04. The SMILES string of the molecule is CC(C)CN(CC(=O)O)C(=O)N1CC(C)OC(C)(C)C1. The van der Waals surface area contributed by atoms with E-state index >= 15 is 0 Å². The summed E-state index contributed by atoms with van der Waals surface area (Å²) in [5.74, 6) is -0.760. The number of urea groups is 1. The average molecular weight is 286 g/mol. The van der Waals surface area contributed by atoms with Gasteiger partial charge in [0.25, 0.3) is 0 Å². The lowest BCUT2D eigenvalue weighted by Gasteiger charge is -2.43. The van der Waals surface area contributed by atoms with Crippen molar-refractivity contribution in [3.63, 3.8) is 0 Å². The minimum absolute atomic E-state index is 0.0478. The first-order chi connectivity index (χ1) is 9.10. The van der Waals surface area contributed by atoms with Gasteiger partial charge in [0.1, 0.15) is 6.54 Å². The number of aliphatic carboxylic acids is 1. The Balaban J connectivity index is 2.79. The molecule has 1 aliphatic heterocycles. The van der Waals surface area contributed by atoms with Gasteiger partial charge in [-0.25, -0.2) is 4.79 Å². The highest BCUT2D eigenvalue weighted by Gasteiger charge is 2.35. The van der Waals surface area contributed by atoms with Crippen molar-refractivity contribution < 1.29 is 19.4 Å². The molecule has 1 unspecified atom stereocenters. The highest BCUT2D eigenvalue weighted by molar-refractivity contribution is 5.80. The Morgan fingerprint density at radius 1 is 1.45 bits per heavy atom. The average Bonchev–Trinajstić information content (AvgIpc) is 2.22. The molecule has 0 radical (unpaired) electrons. The summed E-state index contributed by atoms with van der Waals surface area (Å²) in [6.45, 7) is 10.9. The lowest BCUT2D eigenvalue weighted by molar-refractivity contribution is -0.138. The molecule has 6 heteroatoms. The van der Waals surface area contributed by atoms with E-state index in [2.05, 4.69) is 0 Å². The van der Waals surface area contributed by atoms with Crippen molar-refractivity contribution in [3.05, 3.63) is 0 Å². The van der Waals surface area contributed by atoms with Crippen LogP contribution in [0.1, 0.15) is 34.6 Å². The standard InChI is InChI=1S/C14H26N2O4/c1-10(2)6-15(8-12(17)18)13(19)16-7-11(3)20-14(4,5)9-16/h10-11H,6-9H2,1-5H3,(H,17,18). The van der Waals surface area contributed by atoms with E-state index in [0.29, 0.717) is 19.6 Å². The Kier molecular flexibility index (Phi) is 5.39. The van der Waals surface area contributed by atoms with Crippen molar-refractivity contribution in [3.8, 4) is 0 Å². The number of carboxylic acid groups (broad SMARTS) is 1. The van der Waals surface area contributed by atoms with Crippen LogP contribution in [-0.2, 0) is 9.53 Å². The minimum atomic E-state index is -0.987. The lowest BCUT2D eigenvalue weighted by Crippen LogP contribution is -2.57. The Morgan fingerprint density at radius 3 is 2.50 bits per heavy atom. The first kappa shape index (κ1) is 16.8. The van der Waals surface area contributed by atoms with Crippen LogP contribution in [0.2, 0.25) is 0 Å². The number of carbonyl (C=O) groups excluding carboxylic acids is 1. The van der Waals surface area contributed by atoms with Crippen molar-refractivity contribution >= 4 is 12.0 Å². The Bertz CT molecular complexity index is 368. The van der Waals surface area contributed by atoms with E-state index in [1.54, 1.807) is 4.90 Å². The molecule has 0 bridgehead atoms. The summed E-state index contributed by atoms with van der Waals surface area (Å²) >= 11 is 0. The molecule has 1 aliphatic rings. The van der Waals surface area contributed by atoms with Gasteiger partial charge in [-0.15, -0.1) is 0 Å². The molecule has 20 heavy (non-hydrogen) atoms. The molecule has 0 aromatic rings. The molecule has 0 spiro atoms. The summed E-state index contributed by atoms with van der Waals surface area (Å²) in [7, 11) is 0. The Labute approximate surface area is 120 Å². The molecular weight excluding hydrogens is 260 g/mol. The van der Waals surface area contributed by atoms with Gasteiger partial charge >= 0.3 is 12.0 Å². The van der Waals surface area contributed by atoms with Crippen LogP contribution in [0.4, 0.5) is 4.79 Å². The van der Waals surface area contributed by atoms with Gasteiger partial charge in [0.15, 0.2) is 0 Å². The van der Waals surface area contributed by atoms with Crippen molar-refractivity contribution in [2.24, 2.45) is 5.92 Å². The van der Waals surface area contributed by atoms with Crippen LogP contribution in [0.3, 0.4) is 0 Å². The van der Waals surface area contributed by atoms with Crippen LogP contribution in [0.25, 0.3) is 0 Å². The molecule has 0 aliphatic carbocycles. The van der Waals surface area contributed by atoms with E-state index in [1.807, 2.05) is 34.6 Å². The number of carboxylic acids is 1. The molecular formula is C14H26N2O4. The first-order valence-electron chi connectivity index (χ1n) is 7.04. The zero-order valence-electron chi connectivity index (χ0n) is 13.0. The number of hydrogen-bond acceptors (Lipinski definition) is 3. The van der Waals surface area contributed by atoms with Crippen LogP contribution >= 0.6 is 0 Å². The number of carbonyl (C=O) groups is 2. The maximum Gasteiger partial charge on any atom is 0.323 e. The Hall–Kier alpha value is -1.30. The molecule has 116 valence electrons. The smallest absolute Gasteiger partial charge is 0.323 e. The van der Waals surface area contributed by atoms with Crippen molar-refractivity contribution in [2.75, 3.05) is 26.2 Å². The van der Waals surface area contributed by atoms with Crippen LogP contribution in [0.15, 0.2) is 0 Å². The monoisotopic (exact) mass is 286 g/mol. The fourth-order valence-electron chi connectivity index (χ4n) is 2.61. The zero-order chi connectivity index (χ0) is 15.5. The summed E-state index contributed by atoms with van der Waals surface area (Å²) in [5, 5.41) is 8.96. The molecule has 1 saturated heterocycles. The number of nitrogens with zero attached hydrogens (tertiary/aromatic N) is 2. The van der Waals surface area contributed by atoms with Crippen LogP contribution in [-0.4, -0.2) is 64.8 Å². The van der Waals surface area contributed by atoms with E-state index in [-0.39, 0.29) is 24.6 Å². The van der Waals surface area contributed by atoms with Gasteiger partial charge < -0.3 is 19.6 Å². The van der Waals surface area contributed by atoms with Crippen LogP contribution in [0.5, 0.6) is 0 Å². The predicted molar refractivity (Wildman–Crippen MR) is 75.6 cm³/mol. The van der Waals surface area contributed by atoms with E-state index in [1.165, 1.54) is 4.90 Å².